The van der Waals surface area contributed by atoms with Crippen molar-refractivity contribution >= 4 is 56.1 Å². The monoisotopic (exact) mass is 457 g/mol. The highest BCUT2D eigenvalue weighted by molar-refractivity contribution is 9.10. The van der Waals surface area contributed by atoms with Crippen molar-refractivity contribution in [3.8, 4) is 0 Å². The predicted octanol–water partition coefficient (Wildman–Crippen LogP) is 4.67. The maximum Gasteiger partial charge on any atom is 0.276 e. The molecule has 1 amide bonds. The first kappa shape index (κ1) is 18.8. The van der Waals surface area contributed by atoms with E-state index in [0.717, 1.165) is 20.9 Å². The number of fused-ring (bicyclic) bond motifs is 1. The molecule has 142 valence electrons. The fraction of sp³-hybridized carbons (Fsp3) is 0.143. The summed E-state index contributed by atoms with van der Waals surface area (Å²) in [7, 11) is 0. The van der Waals surface area contributed by atoms with Gasteiger partial charge in [-0.3, -0.25) is 9.69 Å². The summed E-state index contributed by atoms with van der Waals surface area (Å²) in [6.45, 7) is 2.80. The quantitative estimate of drug-likeness (QED) is 0.456. The first-order chi connectivity index (χ1) is 13.5. The minimum Gasteiger partial charge on any atom is -0.342 e. The molecule has 0 aliphatic carbocycles. The van der Waals surface area contributed by atoms with E-state index in [1.54, 1.807) is 18.2 Å². The Morgan fingerprint density at radius 3 is 2.75 bits per heavy atom. The number of hydrogen-bond donors (Lipinski definition) is 1. The molecule has 1 aliphatic rings. The van der Waals surface area contributed by atoms with Crippen LogP contribution in [0.15, 0.2) is 58.8 Å². The number of aromatic nitrogens is 1. The van der Waals surface area contributed by atoms with Crippen LogP contribution >= 0.6 is 28.1 Å². The van der Waals surface area contributed by atoms with Crippen molar-refractivity contribution in [2.24, 2.45) is 0 Å². The number of nitrogens with one attached hydrogen (secondary N) is 1. The molecule has 3 aromatic rings. The van der Waals surface area contributed by atoms with E-state index in [4.69, 9.17) is 12.2 Å². The maximum absolute atomic E-state index is 14.1. The second-order valence-electron chi connectivity index (χ2n) is 6.50. The molecule has 1 saturated heterocycles. The molecular formula is C21H17BrFN3OS. The predicted molar refractivity (Wildman–Crippen MR) is 116 cm³/mol. The molecule has 1 aliphatic heterocycles. The topological polar surface area (TPSA) is 37.3 Å². The summed E-state index contributed by atoms with van der Waals surface area (Å²) in [4.78, 5) is 14.1. The van der Waals surface area contributed by atoms with Gasteiger partial charge in [0.05, 0.1) is 6.54 Å². The van der Waals surface area contributed by atoms with Crippen molar-refractivity contribution < 1.29 is 9.18 Å². The van der Waals surface area contributed by atoms with Gasteiger partial charge in [0.25, 0.3) is 5.91 Å². The molecular weight excluding hydrogens is 441 g/mol. The summed E-state index contributed by atoms with van der Waals surface area (Å²) in [6, 6.07) is 12.7. The lowest BCUT2D eigenvalue weighted by Crippen LogP contribution is -2.30. The third-order valence-corrected chi connectivity index (χ3v) is 5.57. The second-order valence-corrected chi connectivity index (χ2v) is 7.81. The molecule has 1 N–H and O–H groups in total. The van der Waals surface area contributed by atoms with Crippen LogP contribution in [0.1, 0.15) is 18.1 Å². The standard InChI is InChI=1S/C21H17BrFN3OS/c1-2-26-20(27)18(24-21(26)28)9-14-12-25(11-13-5-3-4-6-17(13)23)19-8-7-15(22)10-16(14)19/h3-10,12H,2,11H2,1H3,(H,24,28). The Labute approximate surface area is 175 Å². The zero-order chi connectivity index (χ0) is 19.8. The largest absolute Gasteiger partial charge is 0.342 e. The number of amides is 1. The van der Waals surface area contributed by atoms with E-state index in [1.807, 2.05) is 42.0 Å². The number of carbonyl (C=O) groups is 1. The zero-order valence-electron chi connectivity index (χ0n) is 15.1. The van der Waals surface area contributed by atoms with Gasteiger partial charge in [-0.1, -0.05) is 34.1 Å². The average molecular weight is 458 g/mol. The molecule has 0 bridgehead atoms. The van der Waals surface area contributed by atoms with Crippen LogP contribution in [0.4, 0.5) is 4.39 Å². The van der Waals surface area contributed by atoms with E-state index in [9.17, 15) is 9.18 Å². The van der Waals surface area contributed by atoms with Gasteiger partial charge in [-0.2, -0.15) is 0 Å². The minimum atomic E-state index is -0.238. The lowest BCUT2D eigenvalue weighted by molar-refractivity contribution is -0.122. The number of nitrogens with zero attached hydrogens (tertiary/aromatic N) is 2. The van der Waals surface area contributed by atoms with Crippen LogP contribution in [0.5, 0.6) is 0 Å². The van der Waals surface area contributed by atoms with E-state index >= 15 is 0 Å². The third kappa shape index (κ3) is 3.36. The van der Waals surface area contributed by atoms with Gasteiger partial charge in [0, 0.05) is 39.2 Å². The van der Waals surface area contributed by atoms with Crippen molar-refractivity contribution in [2.45, 2.75) is 13.5 Å². The Hall–Kier alpha value is -2.51. The Kier molecular flexibility index (Phi) is 5.03. The van der Waals surface area contributed by atoms with Crippen LogP contribution in [0, 0.1) is 5.82 Å². The number of halogens is 2. The first-order valence-corrected chi connectivity index (χ1v) is 10.0. The molecule has 7 heteroatoms. The van der Waals surface area contributed by atoms with Gasteiger partial charge in [0.2, 0.25) is 0 Å². The Morgan fingerprint density at radius 1 is 1.25 bits per heavy atom. The van der Waals surface area contributed by atoms with E-state index < -0.39 is 0 Å². The summed E-state index contributed by atoms with van der Waals surface area (Å²) >= 11 is 8.74. The van der Waals surface area contributed by atoms with Gasteiger partial charge in [-0.05, 0) is 49.5 Å². The summed E-state index contributed by atoms with van der Waals surface area (Å²) in [5, 5.41) is 4.37. The molecule has 2 aromatic carbocycles. The molecule has 0 saturated carbocycles. The van der Waals surface area contributed by atoms with Crippen molar-refractivity contribution in [3.63, 3.8) is 0 Å². The average Bonchev–Trinajstić information content (AvgIpc) is 3.13. The fourth-order valence-corrected chi connectivity index (χ4v) is 4.05. The number of hydrogen-bond acceptors (Lipinski definition) is 2. The molecule has 4 rings (SSSR count). The van der Waals surface area contributed by atoms with Crippen LogP contribution < -0.4 is 5.32 Å². The molecule has 0 radical (unpaired) electrons. The van der Waals surface area contributed by atoms with Crippen LogP contribution in [-0.4, -0.2) is 27.0 Å². The first-order valence-electron chi connectivity index (χ1n) is 8.84. The highest BCUT2D eigenvalue weighted by Gasteiger charge is 2.29. The molecule has 0 unspecified atom stereocenters. The summed E-state index contributed by atoms with van der Waals surface area (Å²) in [6.07, 6.45) is 3.74. The van der Waals surface area contributed by atoms with Crippen molar-refractivity contribution in [1.82, 2.24) is 14.8 Å². The van der Waals surface area contributed by atoms with Crippen molar-refractivity contribution in [2.75, 3.05) is 6.54 Å². The summed E-state index contributed by atoms with van der Waals surface area (Å²) < 4.78 is 17.1. The van der Waals surface area contributed by atoms with Crippen LogP contribution in [-0.2, 0) is 11.3 Å². The third-order valence-electron chi connectivity index (χ3n) is 4.75. The van der Waals surface area contributed by atoms with Gasteiger partial charge in [0.1, 0.15) is 11.5 Å². The number of likely N-dealkylation sites (N-methyl/N-ethyl adjacent to an activating group) is 1. The van der Waals surface area contributed by atoms with Crippen LogP contribution in [0.2, 0.25) is 0 Å². The molecule has 1 aromatic heterocycles. The highest BCUT2D eigenvalue weighted by atomic mass is 79.9. The summed E-state index contributed by atoms with van der Waals surface area (Å²) in [5.74, 6) is -0.379. The molecule has 2 heterocycles. The number of thiocarbonyl (C=S) groups is 1. The van der Waals surface area contributed by atoms with Crippen LogP contribution in [0.3, 0.4) is 0 Å². The van der Waals surface area contributed by atoms with E-state index in [-0.39, 0.29) is 11.7 Å². The van der Waals surface area contributed by atoms with Gasteiger partial charge >= 0.3 is 0 Å². The lowest BCUT2D eigenvalue weighted by Gasteiger charge is -2.08. The van der Waals surface area contributed by atoms with Crippen molar-refractivity contribution in [1.29, 1.82) is 0 Å². The van der Waals surface area contributed by atoms with Crippen molar-refractivity contribution in [3.05, 3.63) is 75.8 Å². The fourth-order valence-electron chi connectivity index (χ4n) is 3.37. The Balaban J connectivity index is 1.80. The zero-order valence-corrected chi connectivity index (χ0v) is 17.5. The van der Waals surface area contributed by atoms with Gasteiger partial charge in [-0.15, -0.1) is 0 Å². The molecule has 4 nitrogen and oxygen atoms in total. The van der Waals surface area contributed by atoms with Gasteiger partial charge in [-0.25, -0.2) is 4.39 Å². The highest BCUT2D eigenvalue weighted by Crippen LogP contribution is 2.28. The number of carbonyl (C=O) groups excluding carboxylic acids is 1. The number of benzene rings is 2. The van der Waals surface area contributed by atoms with Gasteiger partial charge in [0.15, 0.2) is 5.11 Å². The van der Waals surface area contributed by atoms with Crippen LogP contribution in [0.25, 0.3) is 17.0 Å². The van der Waals surface area contributed by atoms with E-state index in [1.165, 1.54) is 11.0 Å². The molecule has 1 fully saturated rings. The lowest BCUT2D eigenvalue weighted by atomic mass is 10.1. The molecule has 0 spiro atoms. The SMILES string of the molecule is CCN1C(=O)C(=Cc2cn(Cc3ccccc3F)c3ccc(Br)cc23)NC1=S. The molecule has 0 atom stereocenters. The Morgan fingerprint density at radius 2 is 2.04 bits per heavy atom. The van der Waals surface area contributed by atoms with E-state index in [2.05, 4.69) is 21.2 Å². The minimum absolute atomic E-state index is 0.141. The summed E-state index contributed by atoms with van der Waals surface area (Å²) in [5.41, 5.74) is 2.87. The normalized spacial score (nSPS) is 15.7. The number of rotatable bonds is 4. The molecule has 28 heavy (non-hydrogen) atoms. The maximum atomic E-state index is 14.1. The van der Waals surface area contributed by atoms with Gasteiger partial charge < -0.3 is 9.88 Å². The second kappa shape index (κ2) is 7.48. The smallest absolute Gasteiger partial charge is 0.276 e. The Bertz CT molecular complexity index is 1140. The van der Waals surface area contributed by atoms with E-state index in [0.29, 0.717) is 29.5 Å².